The van der Waals surface area contributed by atoms with Gasteiger partial charge in [-0.15, -0.1) is 11.3 Å². The van der Waals surface area contributed by atoms with Gasteiger partial charge in [-0.25, -0.2) is 4.98 Å². The first kappa shape index (κ1) is 17.3. The van der Waals surface area contributed by atoms with Gasteiger partial charge in [0, 0.05) is 42.7 Å². The molecule has 2 heterocycles. The Kier molecular flexibility index (Phi) is 5.90. The number of rotatable bonds is 7. The first-order valence-electron chi connectivity index (χ1n) is 8.39. The van der Waals surface area contributed by atoms with E-state index in [1.54, 1.807) is 23.7 Å². The quantitative estimate of drug-likeness (QED) is 0.698. The molecule has 1 N–H and O–H groups in total. The van der Waals surface area contributed by atoms with E-state index >= 15 is 0 Å². The third kappa shape index (κ3) is 4.97. The number of pyridine rings is 1. The molecule has 0 bridgehead atoms. The van der Waals surface area contributed by atoms with Crippen LogP contribution in [-0.2, 0) is 11.2 Å². The maximum Gasteiger partial charge on any atom is 0.220 e. The highest BCUT2D eigenvalue weighted by atomic mass is 32.1. The molecule has 0 fully saturated rings. The molecule has 1 aromatic carbocycles. The van der Waals surface area contributed by atoms with Crippen molar-refractivity contribution in [3.63, 3.8) is 0 Å². The van der Waals surface area contributed by atoms with Crippen LogP contribution in [0.5, 0.6) is 0 Å². The Morgan fingerprint density at radius 1 is 1.16 bits per heavy atom. The molecule has 4 nitrogen and oxygen atoms in total. The van der Waals surface area contributed by atoms with E-state index in [1.165, 1.54) is 5.56 Å². The average molecular weight is 351 g/mol. The van der Waals surface area contributed by atoms with Crippen LogP contribution in [0.25, 0.3) is 10.6 Å². The number of thiazole rings is 1. The fraction of sp³-hybridized carbons (Fsp3) is 0.250. The molecule has 1 unspecified atom stereocenters. The van der Waals surface area contributed by atoms with E-state index in [2.05, 4.69) is 39.7 Å². The van der Waals surface area contributed by atoms with Crippen molar-refractivity contribution in [1.82, 2.24) is 15.3 Å². The van der Waals surface area contributed by atoms with Crippen LogP contribution >= 0.6 is 11.3 Å². The molecule has 0 saturated carbocycles. The van der Waals surface area contributed by atoms with Crippen LogP contribution in [0.1, 0.15) is 30.5 Å². The summed E-state index contributed by atoms with van der Waals surface area (Å²) in [6, 6.07) is 14.0. The number of hydrogen-bond donors (Lipinski definition) is 1. The zero-order valence-electron chi connectivity index (χ0n) is 14.2. The lowest BCUT2D eigenvalue weighted by molar-refractivity contribution is -0.121. The fourth-order valence-electron chi connectivity index (χ4n) is 2.63. The second-order valence-corrected chi connectivity index (χ2v) is 6.85. The summed E-state index contributed by atoms with van der Waals surface area (Å²) in [5.74, 6) is 0.305. The third-order valence-corrected chi connectivity index (χ3v) is 4.98. The summed E-state index contributed by atoms with van der Waals surface area (Å²) in [7, 11) is 0. The van der Waals surface area contributed by atoms with Gasteiger partial charge in [-0.2, -0.15) is 0 Å². The van der Waals surface area contributed by atoms with E-state index in [1.807, 2.05) is 30.3 Å². The van der Waals surface area contributed by atoms with Crippen molar-refractivity contribution < 1.29 is 4.79 Å². The van der Waals surface area contributed by atoms with Crippen molar-refractivity contribution in [1.29, 1.82) is 0 Å². The molecule has 1 amide bonds. The molecule has 0 spiro atoms. The molecular weight excluding hydrogens is 330 g/mol. The Bertz CT molecular complexity index is 802. The van der Waals surface area contributed by atoms with Gasteiger partial charge in [0.2, 0.25) is 5.91 Å². The Morgan fingerprint density at radius 3 is 2.68 bits per heavy atom. The van der Waals surface area contributed by atoms with E-state index in [9.17, 15) is 4.79 Å². The minimum Gasteiger partial charge on any atom is -0.356 e. The molecule has 0 aliphatic carbocycles. The summed E-state index contributed by atoms with van der Waals surface area (Å²) < 4.78 is 0. The van der Waals surface area contributed by atoms with Crippen molar-refractivity contribution >= 4 is 17.2 Å². The Labute approximate surface area is 152 Å². The zero-order chi connectivity index (χ0) is 17.5. The van der Waals surface area contributed by atoms with Crippen LogP contribution in [0.15, 0.2) is 60.2 Å². The maximum absolute atomic E-state index is 12.1. The van der Waals surface area contributed by atoms with Gasteiger partial charge >= 0.3 is 0 Å². The summed E-state index contributed by atoms with van der Waals surface area (Å²) in [5, 5.41) is 6.03. The SMILES string of the molecule is CC(CC(=O)NCCc1csc(-c2ccncc2)n1)c1ccccc1. The summed E-state index contributed by atoms with van der Waals surface area (Å²) in [4.78, 5) is 20.8. The fourth-order valence-corrected chi connectivity index (χ4v) is 3.49. The van der Waals surface area contributed by atoms with Gasteiger partial charge < -0.3 is 5.32 Å². The molecule has 0 radical (unpaired) electrons. The van der Waals surface area contributed by atoms with Crippen LogP contribution < -0.4 is 5.32 Å². The summed E-state index contributed by atoms with van der Waals surface area (Å²) in [5.41, 5.74) is 3.28. The van der Waals surface area contributed by atoms with Gasteiger partial charge in [-0.1, -0.05) is 37.3 Å². The first-order chi connectivity index (χ1) is 12.2. The van der Waals surface area contributed by atoms with Gasteiger partial charge in [0.1, 0.15) is 5.01 Å². The van der Waals surface area contributed by atoms with Crippen LogP contribution in [0.4, 0.5) is 0 Å². The first-order valence-corrected chi connectivity index (χ1v) is 9.27. The van der Waals surface area contributed by atoms with E-state index in [-0.39, 0.29) is 11.8 Å². The topological polar surface area (TPSA) is 54.9 Å². The monoisotopic (exact) mass is 351 g/mol. The smallest absolute Gasteiger partial charge is 0.220 e. The van der Waals surface area contributed by atoms with Crippen molar-refractivity contribution in [2.45, 2.75) is 25.7 Å². The lowest BCUT2D eigenvalue weighted by Crippen LogP contribution is -2.26. The number of hydrogen-bond acceptors (Lipinski definition) is 4. The lowest BCUT2D eigenvalue weighted by atomic mass is 9.97. The highest BCUT2D eigenvalue weighted by Gasteiger charge is 2.11. The zero-order valence-corrected chi connectivity index (χ0v) is 15.0. The molecule has 128 valence electrons. The number of nitrogens with one attached hydrogen (secondary N) is 1. The van der Waals surface area contributed by atoms with Crippen LogP contribution in [0.3, 0.4) is 0 Å². The van der Waals surface area contributed by atoms with Crippen LogP contribution in [0, 0.1) is 0 Å². The van der Waals surface area contributed by atoms with Crippen LogP contribution in [-0.4, -0.2) is 22.4 Å². The summed E-state index contributed by atoms with van der Waals surface area (Å²) in [6.45, 7) is 2.69. The second kappa shape index (κ2) is 8.53. The molecule has 5 heteroatoms. The van der Waals surface area contributed by atoms with E-state index < -0.39 is 0 Å². The maximum atomic E-state index is 12.1. The van der Waals surface area contributed by atoms with Gasteiger partial charge in [0.25, 0.3) is 0 Å². The Morgan fingerprint density at radius 2 is 1.92 bits per heavy atom. The minimum absolute atomic E-state index is 0.0842. The minimum atomic E-state index is 0.0842. The predicted molar refractivity (Wildman–Crippen MR) is 102 cm³/mol. The molecule has 0 aliphatic heterocycles. The number of aromatic nitrogens is 2. The van der Waals surface area contributed by atoms with Crippen molar-refractivity contribution in [3.05, 3.63) is 71.5 Å². The van der Waals surface area contributed by atoms with E-state index in [0.29, 0.717) is 13.0 Å². The summed E-state index contributed by atoms with van der Waals surface area (Å²) in [6.07, 6.45) is 4.78. The van der Waals surface area contributed by atoms with Gasteiger partial charge in [0.15, 0.2) is 0 Å². The van der Waals surface area contributed by atoms with E-state index in [4.69, 9.17) is 0 Å². The highest BCUT2D eigenvalue weighted by molar-refractivity contribution is 7.13. The van der Waals surface area contributed by atoms with Gasteiger partial charge in [-0.05, 0) is 23.6 Å². The van der Waals surface area contributed by atoms with Gasteiger partial charge in [-0.3, -0.25) is 9.78 Å². The molecule has 1 atom stereocenters. The third-order valence-electron chi connectivity index (χ3n) is 4.04. The average Bonchev–Trinajstić information content (AvgIpc) is 3.12. The van der Waals surface area contributed by atoms with Crippen molar-refractivity contribution in [3.8, 4) is 10.6 Å². The number of carbonyl (C=O) groups excluding carboxylic acids is 1. The number of nitrogens with zero attached hydrogens (tertiary/aromatic N) is 2. The normalized spacial score (nSPS) is 11.9. The number of benzene rings is 1. The Hall–Kier alpha value is -2.53. The molecule has 2 aromatic heterocycles. The second-order valence-electron chi connectivity index (χ2n) is 6.00. The molecule has 3 rings (SSSR count). The van der Waals surface area contributed by atoms with Crippen molar-refractivity contribution in [2.75, 3.05) is 6.54 Å². The molecular formula is C20H21N3OS. The lowest BCUT2D eigenvalue weighted by Gasteiger charge is -2.11. The largest absolute Gasteiger partial charge is 0.356 e. The Balaban J connectivity index is 1.45. The van der Waals surface area contributed by atoms with Crippen molar-refractivity contribution in [2.24, 2.45) is 0 Å². The predicted octanol–water partition coefficient (Wildman–Crippen LogP) is 4.06. The van der Waals surface area contributed by atoms with Crippen LogP contribution in [0.2, 0.25) is 0 Å². The molecule has 0 saturated heterocycles. The standard InChI is InChI=1S/C20H21N3OS/c1-15(16-5-3-2-4-6-16)13-19(24)22-12-9-18-14-25-20(23-18)17-7-10-21-11-8-17/h2-8,10-11,14-15H,9,12-13H2,1H3,(H,22,24). The number of carbonyl (C=O) groups is 1. The molecule has 0 aliphatic rings. The van der Waals surface area contributed by atoms with Gasteiger partial charge in [0.05, 0.1) is 5.69 Å². The molecule has 25 heavy (non-hydrogen) atoms. The summed E-state index contributed by atoms with van der Waals surface area (Å²) >= 11 is 1.62. The van der Waals surface area contributed by atoms with E-state index in [0.717, 1.165) is 22.7 Å². The number of amides is 1. The molecule has 3 aromatic rings. The highest BCUT2D eigenvalue weighted by Crippen LogP contribution is 2.23.